The molecule has 2 fully saturated rings. The zero-order valence-electron chi connectivity index (χ0n) is 13.6. The van der Waals surface area contributed by atoms with Gasteiger partial charge in [0.1, 0.15) is 0 Å². The second-order valence-electron chi connectivity index (χ2n) is 6.05. The van der Waals surface area contributed by atoms with Crippen LogP contribution in [0, 0.1) is 0 Å². The van der Waals surface area contributed by atoms with E-state index in [1.807, 2.05) is 4.90 Å². The predicted molar refractivity (Wildman–Crippen MR) is 94.7 cm³/mol. The number of nitrogens with one attached hydrogen (secondary N) is 2. The predicted octanol–water partition coefficient (Wildman–Crippen LogP) is 1.66. The molecule has 3 rings (SSSR count). The molecule has 2 aliphatic heterocycles. The summed E-state index contributed by atoms with van der Waals surface area (Å²) in [6, 6.07) is 7.19. The molecule has 1 aromatic rings. The SMILES string of the molecule is Cl.O=C(CC1COCCN1)Nc1ccc(C(=O)N2CCCC2)cc1. The summed E-state index contributed by atoms with van der Waals surface area (Å²) in [6.07, 6.45) is 2.55. The van der Waals surface area contributed by atoms with Crippen LogP contribution in [0.3, 0.4) is 0 Å². The number of morpholine rings is 1. The third kappa shape index (κ3) is 4.93. The average molecular weight is 354 g/mol. The Bertz CT molecular complexity index is 553. The van der Waals surface area contributed by atoms with Gasteiger partial charge in [0.25, 0.3) is 5.91 Å². The molecule has 7 heteroatoms. The Morgan fingerprint density at radius 1 is 1.21 bits per heavy atom. The molecule has 1 aromatic carbocycles. The first-order valence-electron chi connectivity index (χ1n) is 8.23. The molecule has 0 aliphatic carbocycles. The number of hydrogen-bond donors (Lipinski definition) is 2. The first-order chi connectivity index (χ1) is 11.2. The number of hydrogen-bond acceptors (Lipinski definition) is 4. The molecule has 1 unspecified atom stereocenters. The van der Waals surface area contributed by atoms with Gasteiger partial charge in [0, 0.05) is 43.3 Å². The highest BCUT2D eigenvalue weighted by molar-refractivity contribution is 5.96. The van der Waals surface area contributed by atoms with Crippen molar-refractivity contribution in [3.63, 3.8) is 0 Å². The highest BCUT2D eigenvalue weighted by atomic mass is 35.5. The second kappa shape index (κ2) is 9.01. The van der Waals surface area contributed by atoms with Crippen LogP contribution in [0.1, 0.15) is 29.6 Å². The molecule has 0 spiro atoms. The van der Waals surface area contributed by atoms with Crippen molar-refractivity contribution in [3.05, 3.63) is 29.8 Å². The molecule has 2 heterocycles. The summed E-state index contributed by atoms with van der Waals surface area (Å²) >= 11 is 0. The maximum atomic E-state index is 12.3. The molecule has 0 saturated carbocycles. The standard InChI is InChI=1S/C17H23N3O3.ClH/c21-16(11-15-12-23-10-7-18-15)19-14-5-3-13(4-6-14)17(22)20-8-1-2-9-20;/h3-6,15,18H,1-2,7-12H2,(H,19,21);1H. The number of likely N-dealkylation sites (tertiary alicyclic amines) is 1. The number of ether oxygens (including phenoxy) is 1. The van der Waals surface area contributed by atoms with Gasteiger partial charge in [-0.2, -0.15) is 0 Å². The summed E-state index contributed by atoms with van der Waals surface area (Å²) < 4.78 is 5.34. The Kier molecular flexibility index (Phi) is 7.02. The minimum absolute atomic E-state index is 0. The van der Waals surface area contributed by atoms with Crippen molar-refractivity contribution in [2.24, 2.45) is 0 Å². The van der Waals surface area contributed by atoms with E-state index in [0.717, 1.165) is 32.5 Å². The van der Waals surface area contributed by atoms with Gasteiger partial charge in [-0.15, -0.1) is 12.4 Å². The highest BCUT2D eigenvalue weighted by Gasteiger charge is 2.20. The van der Waals surface area contributed by atoms with E-state index >= 15 is 0 Å². The van der Waals surface area contributed by atoms with E-state index in [4.69, 9.17) is 4.74 Å². The van der Waals surface area contributed by atoms with E-state index in [9.17, 15) is 9.59 Å². The lowest BCUT2D eigenvalue weighted by molar-refractivity contribution is -0.117. The third-order valence-corrected chi connectivity index (χ3v) is 4.24. The molecule has 2 N–H and O–H groups in total. The number of carbonyl (C=O) groups excluding carboxylic acids is 2. The van der Waals surface area contributed by atoms with E-state index in [0.29, 0.717) is 30.9 Å². The number of halogens is 1. The molecule has 132 valence electrons. The monoisotopic (exact) mass is 353 g/mol. The van der Waals surface area contributed by atoms with Crippen LogP contribution in [0.4, 0.5) is 5.69 Å². The van der Waals surface area contributed by atoms with E-state index in [1.54, 1.807) is 24.3 Å². The smallest absolute Gasteiger partial charge is 0.253 e. The Hall–Kier alpha value is -1.63. The molecule has 6 nitrogen and oxygen atoms in total. The molecule has 0 aromatic heterocycles. The fourth-order valence-corrected chi connectivity index (χ4v) is 2.99. The topological polar surface area (TPSA) is 70.7 Å². The second-order valence-corrected chi connectivity index (χ2v) is 6.05. The minimum Gasteiger partial charge on any atom is -0.378 e. The molecule has 0 radical (unpaired) electrons. The molecule has 24 heavy (non-hydrogen) atoms. The minimum atomic E-state index is -0.0494. The summed E-state index contributed by atoms with van der Waals surface area (Å²) in [5.74, 6) is 0.0237. The molecule has 0 bridgehead atoms. The first-order valence-corrected chi connectivity index (χ1v) is 8.23. The van der Waals surface area contributed by atoms with Gasteiger partial charge in [0.15, 0.2) is 0 Å². The van der Waals surface area contributed by atoms with Gasteiger partial charge in [-0.25, -0.2) is 0 Å². The van der Waals surface area contributed by atoms with Crippen molar-refractivity contribution in [3.8, 4) is 0 Å². The third-order valence-electron chi connectivity index (χ3n) is 4.24. The van der Waals surface area contributed by atoms with Gasteiger partial charge >= 0.3 is 0 Å². The molecule has 1 atom stereocenters. The van der Waals surface area contributed by atoms with Crippen LogP contribution < -0.4 is 10.6 Å². The van der Waals surface area contributed by atoms with E-state index in [2.05, 4.69) is 10.6 Å². The van der Waals surface area contributed by atoms with Gasteiger partial charge in [0.2, 0.25) is 5.91 Å². The highest BCUT2D eigenvalue weighted by Crippen LogP contribution is 2.15. The van der Waals surface area contributed by atoms with Crippen LogP contribution in [-0.4, -0.2) is 55.6 Å². The first kappa shape index (κ1) is 18.7. The average Bonchev–Trinajstić information content (AvgIpc) is 3.10. The Morgan fingerprint density at radius 3 is 2.54 bits per heavy atom. The summed E-state index contributed by atoms with van der Waals surface area (Å²) in [4.78, 5) is 26.2. The van der Waals surface area contributed by atoms with Crippen molar-refractivity contribution < 1.29 is 14.3 Å². The lowest BCUT2D eigenvalue weighted by atomic mass is 10.1. The van der Waals surface area contributed by atoms with Crippen LogP contribution in [0.5, 0.6) is 0 Å². The van der Waals surface area contributed by atoms with Gasteiger partial charge in [-0.3, -0.25) is 9.59 Å². The van der Waals surface area contributed by atoms with Crippen LogP contribution in [0.2, 0.25) is 0 Å². The lowest BCUT2D eigenvalue weighted by Crippen LogP contribution is -2.43. The van der Waals surface area contributed by atoms with Crippen LogP contribution >= 0.6 is 12.4 Å². The summed E-state index contributed by atoms with van der Waals surface area (Å²) in [5, 5.41) is 6.12. The van der Waals surface area contributed by atoms with Crippen LogP contribution in [0.25, 0.3) is 0 Å². The Morgan fingerprint density at radius 2 is 1.92 bits per heavy atom. The van der Waals surface area contributed by atoms with Crippen molar-refractivity contribution >= 4 is 29.9 Å². The zero-order valence-corrected chi connectivity index (χ0v) is 14.4. The largest absolute Gasteiger partial charge is 0.378 e. The van der Waals surface area contributed by atoms with Crippen molar-refractivity contribution in [2.45, 2.75) is 25.3 Å². The molecular weight excluding hydrogens is 330 g/mol. The van der Waals surface area contributed by atoms with Gasteiger partial charge in [-0.05, 0) is 37.1 Å². The van der Waals surface area contributed by atoms with Crippen LogP contribution in [0.15, 0.2) is 24.3 Å². The van der Waals surface area contributed by atoms with Gasteiger partial charge in [-0.1, -0.05) is 0 Å². The van der Waals surface area contributed by atoms with E-state index < -0.39 is 0 Å². The van der Waals surface area contributed by atoms with Crippen molar-refractivity contribution in [1.82, 2.24) is 10.2 Å². The number of carbonyl (C=O) groups is 2. The normalized spacial score (nSPS) is 20.3. The van der Waals surface area contributed by atoms with E-state index in [1.165, 1.54) is 0 Å². The number of rotatable bonds is 4. The van der Waals surface area contributed by atoms with Crippen molar-refractivity contribution in [2.75, 3.05) is 38.2 Å². The quantitative estimate of drug-likeness (QED) is 0.863. The summed E-state index contributed by atoms with van der Waals surface area (Å²) in [5.41, 5.74) is 1.39. The Labute approximate surface area is 148 Å². The maximum Gasteiger partial charge on any atom is 0.253 e. The molecule has 2 saturated heterocycles. The Balaban J connectivity index is 0.00000208. The van der Waals surface area contributed by atoms with E-state index in [-0.39, 0.29) is 30.3 Å². The summed E-state index contributed by atoms with van der Waals surface area (Å²) in [6.45, 7) is 3.73. The fourth-order valence-electron chi connectivity index (χ4n) is 2.99. The summed E-state index contributed by atoms with van der Waals surface area (Å²) in [7, 11) is 0. The maximum absolute atomic E-state index is 12.3. The van der Waals surface area contributed by atoms with Crippen LogP contribution in [-0.2, 0) is 9.53 Å². The number of anilines is 1. The van der Waals surface area contributed by atoms with Gasteiger partial charge in [0.05, 0.1) is 13.2 Å². The lowest BCUT2D eigenvalue weighted by Gasteiger charge is -2.23. The number of benzene rings is 1. The number of amides is 2. The zero-order chi connectivity index (χ0) is 16.1. The number of nitrogens with zero attached hydrogens (tertiary/aromatic N) is 1. The van der Waals surface area contributed by atoms with Gasteiger partial charge < -0.3 is 20.3 Å². The fraction of sp³-hybridized carbons (Fsp3) is 0.529. The molecule has 2 amide bonds. The van der Waals surface area contributed by atoms with Crippen molar-refractivity contribution in [1.29, 1.82) is 0 Å². The molecular formula is C17H24ClN3O3. The molecule has 2 aliphatic rings.